The number of benzene rings is 1. The second-order valence-corrected chi connectivity index (χ2v) is 3.49. The summed E-state index contributed by atoms with van der Waals surface area (Å²) in [5, 5.41) is 0. The van der Waals surface area contributed by atoms with Crippen LogP contribution in [-0.2, 0) is 0 Å². The van der Waals surface area contributed by atoms with Crippen LogP contribution in [0.25, 0.3) is 0 Å². The third-order valence-electron chi connectivity index (χ3n) is 2.46. The van der Waals surface area contributed by atoms with Crippen molar-refractivity contribution >= 4 is 5.78 Å². The Bertz CT molecular complexity index is 561. The first-order valence-electron chi connectivity index (χ1n) is 5.17. The van der Waals surface area contributed by atoms with E-state index in [0.29, 0.717) is 0 Å². The molecule has 18 heavy (non-hydrogen) atoms. The van der Waals surface area contributed by atoms with Crippen molar-refractivity contribution in [3.05, 3.63) is 47.7 Å². The van der Waals surface area contributed by atoms with Gasteiger partial charge < -0.3 is 13.9 Å². The molecule has 1 heterocycles. The summed E-state index contributed by atoms with van der Waals surface area (Å²) in [4.78, 5) is 12.0. The standard InChI is InChI=1S/C13H11FO4/c1-16-11-6-8(9(14)7-12(11)17-2)13(15)10-4-3-5-18-10/h3-7H,1-2H3. The van der Waals surface area contributed by atoms with E-state index in [1.54, 1.807) is 6.07 Å². The van der Waals surface area contributed by atoms with Crippen molar-refractivity contribution in [2.75, 3.05) is 14.2 Å². The van der Waals surface area contributed by atoms with Crippen LogP contribution in [-0.4, -0.2) is 20.0 Å². The average Bonchev–Trinajstić information content (AvgIpc) is 2.91. The first-order chi connectivity index (χ1) is 8.67. The van der Waals surface area contributed by atoms with Crippen LogP contribution in [0.1, 0.15) is 16.1 Å². The molecule has 0 aliphatic rings. The number of carbonyl (C=O) groups excluding carboxylic acids is 1. The molecule has 2 aromatic rings. The minimum absolute atomic E-state index is 0.0705. The molecule has 0 spiro atoms. The summed E-state index contributed by atoms with van der Waals surface area (Å²) in [5.74, 6) is -0.645. The van der Waals surface area contributed by atoms with Gasteiger partial charge in [0.1, 0.15) is 5.82 Å². The van der Waals surface area contributed by atoms with E-state index in [1.807, 2.05) is 0 Å². The summed E-state index contributed by atoms with van der Waals surface area (Å²) in [6.45, 7) is 0. The molecule has 0 saturated heterocycles. The third-order valence-corrected chi connectivity index (χ3v) is 2.46. The first-order valence-corrected chi connectivity index (χ1v) is 5.17. The van der Waals surface area contributed by atoms with E-state index in [2.05, 4.69) is 0 Å². The molecule has 0 aliphatic heterocycles. The minimum Gasteiger partial charge on any atom is -0.493 e. The molecule has 94 valence electrons. The predicted octanol–water partition coefficient (Wildman–Crippen LogP) is 2.67. The summed E-state index contributed by atoms with van der Waals surface area (Å²) in [6, 6.07) is 5.43. The molecule has 0 aliphatic carbocycles. The molecule has 4 nitrogen and oxygen atoms in total. The Balaban J connectivity index is 2.48. The minimum atomic E-state index is -0.686. The van der Waals surface area contributed by atoms with Gasteiger partial charge in [-0.3, -0.25) is 4.79 Å². The van der Waals surface area contributed by atoms with Gasteiger partial charge in [-0.25, -0.2) is 4.39 Å². The van der Waals surface area contributed by atoms with Gasteiger partial charge in [0, 0.05) is 6.07 Å². The average molecular weight is 250 g/mol. The van der Waals surface area contributed by atoms with Crippen LogP contribution in [0.4, 0.5) is 4.39 Å². The second kappa shape index (κ2) is 4.91. The number of rotatable bonds is 4. The lowest BCUT2D eigenvalue weighted by Crippen LogP contribution is -2.04. The van der Waals surface area contributed by atoms with Crippen molar-refractivity contribution in [3.63, 3.8) is 0 Å². The highest BCUT2D eigenvalue weighted by Gasteiger charge is 2.20. The van der Waals surface area contributed by atoms with Gasteiger partial charge in [-0.2, -0.15) is 0 Å². The molecule has 0 fully saturated rings. The topological polar surface area (TPSA) is 48.7 Å². The number of furan rings is 1. The molecule has 1 aromatic carbocycles. The fraction of sp³-hybridized carbons (Fsp3) is 0.154. The van der Waals surface area contributed by atoms with Crippen LogP contribution in [0, 0.1) is 5.82 Å². The van der Waals surface area contributed by atoms with Crippen molar-refractivity contribution in [2.24, 2.45) is 0 Å². The Morgan fingerprint density at radius 3 is 2.44 bits per heavy atom. The zero-order valence-electron chi connectivity index (χ0n) is 9.90. The number of carbonyl (C=O) groups is 1. The fourth-order valence-electron chi connectivity index (χ4n) is 1.57. The largest absolute Gasteiger partial charge is 0.493 e. The number of ketones is 1. The van der Waals surface area contributed by atoms with Crippen LogP contribution >= 0.6 is 0 Å². The molecule has 5 heteroatoms. The summed E-state index contributed by atoms with van der Waals surface area (Å²) >= 11 is 0. The molecule has 0 N–H and O–H groups in total. The van der Waals surface area contributed by atoms with E-state index in [9.17, 15) is 9.18 Å². The van der Waals surface area contributed by atoms with E-state index in [1.165, 1.54) is 32.6 Å². The van der Waals surface area contributed by atoms with Gasteiger partial charge in [-0.1, -0.05) is 0 Å². The van der Waals surface area contributed by atoms with Crippen LogP contribution in [0.15, 0.2) is 34.9 Å². The van der Waals surface area contributed by atoms with E-state index in [4.69, 9.17) is 13.9 Å². The Morgan fingerprint density at radius 1 is 1.22 bits per heavy atom. The molecule has 0 bridgehead atoms. The fourth-order valence-corrected chi connectivity index (χ4v) is 1.57. The van der Waals surface area contributed by atoms with Gasteiger partial charge in [-0.05, 0) is 18.2 Å². The summed E-state index contributed by atoms with van der Waals surface area (Å²) < 4.78 is 28.7. The van der Waals surface area contributed by atoms with Gasteiger partial charge in [0.2, 0.25) is 5.78 Å². The van der Waals surface area contributed by atoms with Gasteiger partial charge >= 0.3 is 0 Å². The zero-order chi connectivity index (χ0) is 13.1. The lowest BCUT2D eigenvalue weighted by atomic mass is 10.1. The van der Waals surface area contributed by atoms with Crippen LogP contribution in [0.3, 0.4) is 0 Å². The Kier molecular flexibility index (Phi) is 3.32. The molecule has 0 radical (unpaired) electrons. The highest BCUT2D eigenvalue weighted by molar-refractivity contribution is 6.07. The maximum Gasteiger partial charge on any atom is 0.231 e. The molecule has 2 rings (SSSR count). The number of methoxy groups -OCH3 is 2. The molecule has 1 aromatic heterocycles. The van der Waals surface area contributed by atoms with Gasteiger partial charge in [0.25, 0.3) is 0 Å². The van der Waals surface area contributed by atoms with Crippen molar-refractivity contribution in [3.8, 4) is 11.5 Å². The number of hydrogen-bond acceptors (Lipinski definition) is 4. The van der Waals surface area contributed by atoms with E-state index < -0.39 is 11.6 Å². The highest BCUT2D eigenvalue weighted by atomic mass is 19.1. The first kappa shape index (κ1) is 12.2. The van der Waals surface area contributed by atoms with E-state index in [-0.39, 0.29) is 22.8 Å². The Labute approximate surface area is 103 Å². The lowest BCUT2D eigenvalue weighted by molar-refractivity contribution is 0.100. The van der Waals surface area contributed by atoms with Crippen molar-refractivity contribution < 1.29 is 23.1 Å². The molecule has 0 unspecified atom stereocenters. The van der Waals surface area contributed by atoms with Crippen molar-refractivity contribution in [1.29, 1.82) is 0 Å². The molecular weight excluding hydrogens is 239 g/mol. The van der Waals surface area contributed by atoms with Gasteiger partial charge in [0.05, 0.1) is 26.0 Å². The molecule has 0 atom stereocenters. The molecule has 0 amide bonds. The molecule has 0 saturated carbocycles. The monoisotopic (exact) mass is 250 g/mol. The van der Waals surface area contributed by atoms with E-state index >= 15 is 0 Å². The van der Waals surface area contributed by atoms with Crippen LogP contribution in [0.2, 0.25) is 0 Å². The SMILES string of the molecule is COc1cc(F)c(C(=O)c2ccco2)cc1OC. The smallest absolute Gasteiger partial charge is 0.231 e. The predicted molar refractivity (Wildman–Crippen MR) is 61.6 cm³/mol. The highest BCUT2D eigenvalue weighted by Crippen LogP contribution is 2.30. The Morgan fingerprint density at radius 2 is 1.89 bits per heavy atom. The lowest BCUT2D eigenvalue weighted by Gasteiger charge is -2.09. The summed E-state index contributed by atoms with van der Waals surface area (Å²) in [5.41, 5.74) is -0.123. The van der Waals surface area contributed by atoms with Crippen molar-refractivity contribution in [1.82, 2.24) is 0 Å². The number of halogens is 1. The maximum atomic E-state index is 13.8. The Hall–Kier alpha value is -2.30. The zero-order valence-corrected chi connectivity index (χ0v) is 9.90. The summed E-state index contributed by atoms with van der Waals surface area (Å²) in [6.07, 6.45) is 1.35. The summed E-state index contributed by atoms with van der Waals surface area (Å²) in [7, 11) is 2.81. The normalized spacial score (nSPS) is 10.2. The quantitative estimate of drug-likeness (QED) is 0.783. The van der Waals surface area contributed by atoms with Crippen LogP contribution < -0.4 is 9.47 Å². The molecular formula is C13H11FO4. The third kappa shape index (κ3) is 2.07. The number of hydrogen-bond donors (Lipinski definition) is 0. The van der Waals surface area contributed by atoms with Gasteiger partial charge in [-0.15, -0.1) is 0 Å². The van der Waals surface area contributed by atoms with Gasteiger partial charge in [0.15, 0.2) is 17.3 Å². The number of ether oxygens (including phenoxy) is 2. The maximum absolute atomic E-state index is 13.8. The van der Waals surface area contributed by atoms with Crippen molar-refractivity contribution in [2.45, 2.75) is 0 Å². The van der Waals surface area contributed by atoms with Crippen LogP contribution in [0.5, 0.6) is 11.5 Å². The second-order valence-electron chi connectivity index (χ2n) is 3.49. The van der Waals surface area contributed by atoms with E-state index in [0.717, 1.165) is 6.07 Å².